The van der Waals surface area contributed by atoms with Crippen molar-refractivity contribution in [2.75, 3.05) is 25.1 Å². The van der Waals surface area contributed by atoms with E-state index in [-0.39, 0.29) is 18.2 Å². The number of methoxy groups -OCH3 is 1. The van der Waals surface area contributed by atoms with Crippen LogP contribution < -0.4 is 15.0 Å². The van der Waals surface area contributed by atoms with Gasteiger partial charge in [0, 0.05) is 24.2 Å². The maximum atomic E-state index is 13.4. The summed E-state index contributed by atoms with van der Waals surface area (Å²) in [6, 6.07) is 17.3. The minimum Gasteiger partial charge on any atom is -0.497 e. The Hall–Kier alpha value is -4.20. The molecule has 2 heterocycles. The van der Waals surface area contributed by atoms with Gasteiger partial charge in [-0.2, -0.15) is 0 Å². The second-order valence-electron chi connectivity index (χ2n) is 9.00. The number of hydrogen-bond donors (Lipinski definition) is 1. The van der Waals surface area contributed by atoms with Gasteiger partial charge < -0.3 is 15.0 Å². The van der Waals surface area contributed by atoms with Crippen LogP contribution in [-0.2, 0) is 15.1 Å². The molecule has 1 atom stereocenters. The monoisotopic (exact) mass is 471 g/mol. The van der Waals surface area contributed by atoms with E-state index in [2.05, 4.69) is 5.32 Å². The quantitative estimate of drug-likeness (QED) is 0.438. The number of anilines is 1. The van der Waals surface area contributed by atoms with Gasteiger partial charge in [-0.3, -0.25) is 19.3 Å². The van der Waals surface area contributed by atoms with Gasteiger partial charge in [0.05, 0.1) is 13.7 Å². The van der Waals surface area contributed by atoms with Crippen LogP contribution in [0.2, 0.25) is 0 Å². The van der Waals surface area contributed by atoms with Crippen LogP contribution in [0.3, 0.4) is 0 Å². The largest absolute Gasteiger partial charge is 0.497 e. The zero-order valence-electron chi connectivity index (χ0n) is 19.5. The molecule has 0 saturated carbocycles. The Morgan fingerprint density at radius 2 is 1.80 bits per heavy atom. The Morgan fingerprint density at radius 1 is 1.03 bits per heavy atom. The highest BCUT2D eigenvalue weighted by molar-refractivity contribution is 6.11. The Labute approximate surface area is 202 Å². The average molecular weight is 472 g/mol. The van der Waals surface area contributed by atoms with Gasteiger partial charge in [-0.25, -0.2) is 4.79 Å². The van der Waals surface area contributed by atoms with Gasteiger partial charge >= 0.3 is 6.03 Å². The van der Waals surface area contributed by atoms with Crippen LogP contribution in [0.15, 0.2) is 60.7 Å². The van der Waals surface area contributed by atoms with Crippen LogP contribution in [0.4, 0.5) is 10.5 Å². The first-order valence-electron chi connectivity index (χ1n) is 11.5. The number of benzene rings is 3. The fourth-order valence-electron chi connectivity index (χ4n) is 4.70. The molecule has 3 aromatic rings. The van der Waals surface area contributed by atoms with Crippen molar-refractivity contribution in [1.82, 2.24) is 10.2 Å². The number of hydrogen-bond acceptors (Lipinski definition) is 5. The normalized spacial score (nSPS) is 20.0. The maximum Gasteiger partial charge on any atom is 0.325 e. The predicted octanol–water partition coefficient (Wildman–Crippen LogP) is 3.63. The lowest BCUT2D eigenvalue weighted by atomic mass is 9.90. The van der Waals surface area contributed by atoms with Gasteiger partial charge in [-0.1, -0.05) is 30.3 Å². The first-order chi connectivity index (χ1) is 16.8. The minimum atomic E-state index is -1.30. The van der Waals surface area contributed by atoms with Gasteiger partial charge in [0.2, 0.25) is 5.91 Å². The average Bonchev–Trinajstić information content (AvgIpc) is 3.39. The van der Waals surface area contributed by atoms with Crippen LogP contribution in [0.25, 0.3) is 10.8 Å². The summed E-state index contributed by atoms with van der Waals surface area (Å²) in [5.41, 5.74) is 0.317. The number of Topliss-reactive ketones (excluding diaryl/α,β-unsaturated/α-hetero) is 1. The molecule has 5 rings (SSSR count). The smallest absolute Gasteiger partial charge is 0.325 e. The van der Waals surface area contributed by atoms with Gasteiger partial charge in [0.15, 0.2) is 5.78 Å². The van der Waals surface area contributed by atoms with Crippen LogP contribution in [0.5, 0.6) is 5.75 Å². The topological polar surface area (TPSA) is 96.0 Å². The lowest BCUT2D eigenvalue weighted by Gasteiger charge is -2.23. The number of nitrogens with zero attached hydrogens (tertiary/aromatic N) is 2. The number of carbonyl (C=O) groups excluding carboxylic acids is 4. The van der Waals surface area contributed by atoms with Crippen LogP contribution >= 0.6 is 0 Å². The van der Waals surface area contributed by atoms with Gasteiger partial charge in [0.25, 0.3) is 5.91 Å². The van der Waals surface area contributed by atoms with E-state index in [9.17, 15) is 19.2 Å². The summed E-state index contributed by atoms with van der Waals surface area (Å²) in [6.07, 6.45) is 1.27. The van der Waals surface area contributed by atoms with E-state index in [0.29, 0.717) is 29.8 Å². The number of carbonyl (C=O) groups is 4. The molecule has 0 spiro atoms. The minimum absolute atomic E-state index is 0.0216. The molecule has 0 radical (unpaired) electrons. The second kappa shape index (κ2) is 8.54. The highest BCUT2D eigenvalue weighted by atomic mass is 16.5. The third kappa shape index (κ3) is 3.90. The van der Waals surface area contributed by atoms with Crippen molar-refractivity contribution in [3.05, 3.63) is 71.8 Å². The van der Waals surface area contributed by atoms with E-state index in [0.717, 1.165) is 27.8 Å². The lowest BCUT2D eigenvalue weighted by molar-refractivity contribution is -0.130. The number of nitrogens with one attached hydrogen (secondary N) is 1. The van der Waals surface area contributed by atoms with E-state index in [1.807, 2.05) is 30.3 Å². The standard InChI is InChI=1S/C27H25N3O5/c1-27(20-10-8-18-15-22(35-2)11-9-17(18)13-20)25(33)30(26(34)28-27)16-23(31)19-5-3-6-21(14-19)29-12-4-7-24(29)32/h3,5-6,8-11,13-15H,4,7,12,16H2,1-2H3,(H,28,34). The Balaban J connectivity index is 1.37. The summed E-state index contributed by atoms with van der Waals surface area (Å²) in [5, 5.41) is 4.60. The molecule has 0 bridgehead atoms. The van der Waals surface area contributed by atoms with Gasteiger partial charge in [-0.05, 0) is 60.0 Å². The number of ketones is 1. The zero-order chi connectivity index (χ0) is 24.7. The summed E-state index contributed by atoms with van der Waals surface area (Å²) >= 11 is 0. The van der Waals surface area contributed by atoms with Gasteiger partial charge in [-0.15, -0.1) is 0 Å². The first kappa shape index (κ1) is 22.6. The predicted molar refractivity (Wildman–Crippen MR) is 130 cm³/mol. The summed E-state index contributed by atoms with van der Waals surface area (Å²) in [4.78, 5) is 53.9. The Bertz CT molecular complexity index is 1380. The first-order valence-corrected chi connectivity index (χ1v) is 11.5. The molecule has 2 saturated heterocycles. The highest BCUT2D eigenvalue weighted by Crippen LogP contribution is 2.32. The molecule has 8 heteroatoms. The molecular weight excluding hydrogens is 446 g/mol. The molecule has 3 aromatic carbocycles. The fourth-order valence-corrected chi connectivity index (χ4v) is 4.70. The van der Waals surface area contributed by atoms with Crippen molar-refractivity contribution in [2.24, 2.45) is 0 Å². The zero-order valence-corrected chi connectivity index (χ0v) is 19.5. The molecule has 178 valence electrons. The molecule has 4 amide bonds. The Morgan fingerprint density at radius 3 is 2.54 bits per heavy atom. The second-order valence-corrected chi connectivity index (χ2v) is 9.00. The molecule has 35 heavy (non-hydrogen) atoms. The van der Waals surface area contributed by atoms with E-state index in [4.69, 9.17) is 4.74 Å². The van der Waals surface area contributed by atoms with Crippen molar-refractivity contribution in [1.29, 1.82) is 0 Å². The number of amides is 4. The number of ether oxygens (including phenoxy) is 1. The van der Waals surface area contributed by atoms with Crippen molar-refractivity contribution >= 4 is 40.1 Å². The molecule has 2 aliphatic heterocycles. The number of fused-ring (bicyclic) bond motifs is 1. The molecule has 1 unspecified atom stereocenters. The molecule has 0 aromatic heterocycles. The summed E-state index contributed by atoms with van der Waals surface area (Å²) in [5.74, 6) is -0.121. The van der Waals surface area contributed by atoms with Crippen LogP contribution in [0, 0.1) is 0 Å². The summed E-state index contributed by atoms with van der Waals surface area (Å²) < 4.78 is 5.26. The molecular formula is C27H25N3O5. The summed E-state index contributed by atoms with van der Waals surface area (Å²) in [7, 11) is 1.60. The van der Waals surface area contributed by atoms with E-state index in [1.165, 1.54) is 0 Å². The third-order valence-electron chi connectivity index (χ3n) is 6.75. The number of imide groups is 1. The molecule has 8 nitrogen and oxygen atoms in total. The Kier molecular flexibility index (Phi) is 5.51. The molecule has 2 fully saturated rings. The van der Waals surface area contributed by atoms with E-state index in [1.54, 1.807) is 49.3 Å². The maximum absolute atomic E-state index is 13.4. The van der Waals surface area contributed by atoms with Gasteiger partial charge in [0.1, 0.15) is 11.3 Å². The van der Waals surface area contributed by atoms with Crippen molar-refractivity contribution < 1.29 is 23.9 Å². The van der Waals surface area contributed by atoms with Crippen molar-refractivity contribution in [3.8, 4) is 5.75 Å². The molecule has 1 N–H and O–H groups in total. The fraction of sp³-hybridized carbons (Fsp3) is 0.259. The number of urea groups is 1. The van der Waals surface area contributed by atoms with Crippen LogP contribution in [-0.4, -0.2) is 48.7 Å². The van der Waals surface area contributed by atoms with E-state index < -0.39 is 17.5 Å². The lowest BCUT2D eigenvalue weighted by Crippen LogP contribution is -2.41. The molecule has 2 aliphatic rings. The highest BCUT2D eigenvalue weighted by Gasteiger charge is 2.49. The van der Waals surface area contributed by atoms with Crippen molar-refractivity contribution in [3.63, 3.8) is 0 Å². The van der Waals surface area contributed by atoms with Crippen molar-refractivity contribution in [2.45, 2.75) is 25.3 Å². The van der Waals surface area contributed by atoms with E-state index >= 15 is 0 Å². The molecule has 0 aliphatic carbocycles. The third-order valence-corrected chi connectivity index (χ3v) is 6.75. The number of rotatable bonds is 6. The van der Waals surface area contributed by atoms with Crippen LogP contribution in [0.1, 0.15) is 35.7 Å². The SMILES string of the molecule is COc1ccc2cc(C3(C)NC(=O)N(CC(=O)c4cccc(N5CCCC5=O)c4)C3=O)ccc2c1. The summed E-state index contributed by atoms with van der Waals surface area (Å²) in [6.45, 7) is 1.87.